The van der Waals surface area contributed by atoms with E-state index >= 15 is 0 Å². The van der Waals surface area contributed by atoms with Crippen molar-refractivity contribution in [3.05, 3.63) is 29.3 Å². The minimum atomic E-state index is -0.0247. The van der Waals surface area contributed by atoms with Crippen LogP contribution in [-0.2, 0) is 6.42 Å². The van der Waals surface area contributed by atoms with Gasteiger partial charge in [-0.3, -0.25) is 0 Å². The lowest BCUT2D eigenvalue weighted by atomic mass is 9.99. The number of fused-ring (bicyclic) bond motifs is 1. The van der Waals surface area contributed by atoms with Crippen LogP contribution in [0, 0.1) is 0 Å². The van der Waals surface area contributed by atoms with Gasteiger partial charge in [0.2, 0.25) is 5.96 Å². The first-order valence-corrected chi connectivity index (χ1v) is 6.70. The van der Waals surface area contributed by atoms with Crippen LogP contribution in [0.5, 0.6) is 0 Å². The molecule has 4 N–H and O–H groups in total. The van der Waals surface area contributed by atoms with E-state index in [9.17, 15) is 0 Å². The van der Waals surface area contributed by atoms with Crippen molar-refractivity contribution >= 4 is 17.9 Å². The largest absolute Gasteiger partial charge is 0.371 e. The Balaban J connectivity index is 2.19. The van der Waals surface area contributed by atoms with Crippen LogP contribution in [0.1, 0.15) is 30.9 Å². The van der Waals surface area contributed by atoms with Crippen LogP contribution in [0.25, 0.3) is 0 Å². The summed E-state index contributed by atoms with van der Waals surface area (Å²) in [7, 11) is 0. The van der Waals surface area contributed by atoms with Gasteiger partial charge in [0.15, 0.2) is 0 Å². The summed E-state index contributed by atoms with van der Waals surface area (Å²) in [5.74, 6) is -0.0247. The van der Waals surface area contributed by atoms with Gasteiger partial charge in [0, 0.05) is 18.8 Å². The number of aryl methyl sites for hydroxylation is 1. The molecule has 1 aromatic carbocycles. The SMILES string of the molecule is CCCN1CCCc2cc(C=NN=C(N)N)ccc21. The number of anilines is 1. The van der Waals surface area contributed by atoms with Crippen molar-refractivity contribution in [2.75, 3.05) is 18.0 Å². The third-order valence-electron chi connectivity index (χ3n) is 3.19. The van der Waals surface area contributed by atoms with E-state index in [2.05, 4.69) is 40.2 Å². The number of hydrogen-bond acceptors (Lipinski definition) is 3. The van der Waals surface area contributed by atoms with E-state index in [0.29, 0.717) is 0 Å². The summed E-state index contributed by atoms with van der Waals surface area (Å²) in [6.45, 7) is 4.49. The average Bonchev–Trinajstić information content (AvgIpc) is 2.39. The van der Waals surface area contributed by atoms with E-state index in [1.165, 1.54) is 24.1 Å². The lowest BCUT2D eigenvalue weighted by Gasteiger charge is -2.31. The van der Waals surface area contributed by atoms with Crippen LogP contribution in [-0.4, -0.2) is 25.3 Å². The molecule has 102 valence electrons. The summed E-state index contributed by atoms with van der Waals surface area (Å²) < 4.78 is 0. The number of rotatable bonds is 4. The van der Waals surface area contributed by atoms with E-state index in [1.54, 1.807) is 6.21 Å². The quantitative estimate of drug-likeness (QED) is 0.488. The van der Waals surface area contributed by atoms with E-state index in [0.717, 1.165) is 25.1 Å². The standard InChI is InChI=1S/C14H21N5/c1-2-7-19-8-3-4-12-9-11(5-6-13(12)19)10-17-18-14(15)16/h5-6,9-10H,2-4,7-8H2,1H3,(H4,15,16,18). The van der Waals surface area contributed by atoms with E-state index < -0.39 is 0 Å². The number of nitrogens with zero attached hydrogens (tertiary/aromatic N) is 3. The molecule has 1 aromatic rings. The second-order valence-electron chi connectivity index (χ2n) is 4.75. The molecule has 5 heteroatoms. The highest BCUT2D eigenvalue weighted by Gasteiger charge is 2.15. The Morgan fingerprint density at radius 2 is 2.26 bits per heavy atom. The molecule has 5 nitrogen and oxygen atoms in total. The van der Waals surface area contributed by atoms with Crippen LogP contribution in [0.3, 0.4) is 0 Å². The Kier molecular flexibility index (Phi) is 4.39. The minimum Gasteiger partial charge on any atom is -0.371 e. The van der Waals surface area contributed by atoms with Crippen molar-refractivity contribution in [3.63, 3.8) is 0 Å². The minimum absolute atomic E-state index is 0.0247. The molecule has 2 rings (SSSR count). The van der Waals surface area contributed by atoms with Crippen LogP contribution in [0.15, 0.2) is 28.4 Å². The van der Waals surface area contributed by atoms with Gasteiger partial charge in [-0.25, -0.2) is 0 Å². The highest BCUT2D eigenvalue weighted by atomic mass is 15.3. The van der Waals surface area contributed by atoms with Gasteiger partial charge in [0.25, 0.3) is 0 Å². The number of hydrogen-bond donors (Lipinski definition) is 2. The van der Waals surface area contributed by atoms with Crippen molar-refractivity contribution in [3.8, 4) is 0 Å². The molecule has 0 unspecified atom stereocenters. The number of benzene rings is 1. The summed E-state index contributed by atoms with van der Waals surface area (Å²) in [5.41, 5.74) is 14.2. The predicted octanol–water partition coefficient (Wildman–Crippen LogP) is 1.46. The van der Waals surface area contributed by atoms with Gasteiger partial charge in [0.1, 0.15) is 0 Å². The summed E-state index contributed by atoms with van der Waals surface area (Å²) in [4.78, 5) is 2.45. The first-order valence-electron chi connectivity index (χ1n) is 6.70. The molecule has 0 spiro atoms. The predicted molar refractivity (Wildman–Crippen MR) is 80.7 cm³/mol. The van der Waals surface area contributed by atoms with E-state index in [4.69, 9.17) is 11.5 Å². The third-order valence-corrected chi connectivity index (χ3v) is 3.19. The molecule has 19 heavy (non-hydrogen) atoms. The second kappa shape index (κ2) is 6.22. The third kappa shape index (κ3) is 3.47. The fraction of sp³-hybridized carbons (Fsp3) is 0.429. The van der Waals surface area contributed by atoms with Crippen molar-refractivity contribution in [1.29, 1.82) is 0 Å². The second-order valence-corrected chi connectivity index (χ2v) is 4.75. The highest BCUT2D eigenvalue weighted by molar-refractivity contribution is 5.82. The Hall–Kier alpha value is -2.04. The zero-order chi connectivity index (χ0) is 13.7. The topological polar surface area (TPSA) is 80.0 Å². The molecule has 0 bridgehead atoms. The summed E-state index contributed by atoms with van der Waals surface area (Å²) in [5, 5.41) is 7.45. The first-order chi connectivity index (χ1) is 9.20. The Morgan fingerprint density at radius 3 is 3.00 bits per heavy atom. The Labute approximate surface area is 114 Å². The van der Waals surface area contributed by atoms with Crippen LogP contribution >= 0.6 is 0 Å². The van der Waals surface area contributed by atoms with Crippen LogP contribution in [0.4, 0.5) is 5.69 Å². The maximum Gasteiger partial charge on any atom is 0.211 e. The molecule has 0 amide bonds. The van der Waals surface area contributed by atoms with Crippen LogP contribution < -0.4 is 16.4 Å². The Morgan fingerprint density at radius 1 is 1.42 bits per heavy atom. The van der Waals surface area contributed by atoms with Gasteiger partial charge in [-0.05, 0) is 42.5 Å². The zero-order valence-electron chi connectivity index (χ0n) is 11.3. The molecule has 0 radical (unpaired) electrons. The molecular weight excluding hydrogens is 238 g/mol. The normalized spacial score (nSPS) is 14.5. The summed E-state index contributed by atoms with van der Waals surface area (Å²) >= 11 is 0. The molecule has 0 fully saturated rings. The van der Waals surface area contributed by atoms with Gasteiger partial charge < -0.3 is 16.4 Å². The van der Waals surface area contributed by atoms with E-state index in [1.807, 2.05) is 0 Å². The molecule has 1 aliphatic rings. The maximum absolute atomic E-state index is 5.23. The van der Waals surface area contributed by atoms with Gasteiger partial charge in [-0.15, -0.1) is 5.10 Å². The Bertz CT molecular complexity index is 489. The van der Waals surface area contributed by atoms with Gasteiger partial charge in [-0.2, -0.15) is 5.10 Å². The number of nitrogens with two attached hydrogens (primary N) is 2. The molecule has 0 aromatic heterocycles. The molecule has 0 saturated heterocycles. The van der Waals surface area contributed by atoms with Crippen LogP contribution in [0.2, 0.25) is 0 Å². The maximum atomic E-state index is 5.23. The highest BCUT2D eigenvalue weighted by Crippen LogP contribution is 2.27. The zero-order valence-corrected chi connectivity index (χ0v) is 11.3. The summed E-state index contributed by atoms with van der Waals surface area (Å²) in [6.07, 6.45) is 5.19. The lowest BCUT2D eigenvalue weighted by Crippen LogP contribution is -2.30. The van der Waals surface area contributed by atoms with E-state index in [-0.39, 0.29) is 5.96 Å². The molecule has 1 aliphatic heterocycles. The fourth-order valence-electron chi connectivity index (χ4n) is 2.44. The van der Waals surface area contributed by atoms with Gasteiger partial charge >= 0.3 is 0 Å². The lowest BCUT2D eigenvalue weighted by molar-refractivity contribution is 0.681. The van der Waals surface area contributed by atoms with Crippen molar-refractivity contribution in [2.45, 2.75) is 26.2 Å². The smallest absolute Gasteiger partial charge is 0.211 e. The molecule has 0 aliphatic carbocycles. The summed E-state index contributed by atoms with van der Waals surface area (Å²) in [6, 6.07) is 6.39. The van der Waals surface area contributed by atoms with Gasteiger partial charge in [-0.1, -0.05) is 13.0 Å². The molecule has 1 heterocycles. The number of guanidine groups is 1. The average molecular weight is 259 g/mol. The molecule has 0 saturated carbocycles. The molecule has 0 atom stereocenters. The van der Waals surface area contributed by atoms with Crippen molar-refractivity contribution < 1.29 is 0 Å². The fourth-order valence-corrected chi connectivity index (χ4v) is 2.44. The molecular formula is C14H21N5. The van der Waals surface area contributed by atoms with Gasteiger partial charge in [0.05, 0.1) is 6.21 Å². The first kappa shape index (κ1) is 13.4. The van der Waals surface area contributed by atoms with Crippen molar-refractivity contribution in [2.24, 2.45) is 21.7 Å². The van der Waals surface area contributed by atoms with Crippen molar-refractivity contribution in [1.82, 2.24) is 0 Å². The monoisotopic (exact) mass is 259 g/mol.